The molecule has 1 N–H and O–H groups in total. The van der Waals surface area contributed by atoms with Crippen LogP contribution in [-0.4, -0.2) is 17.5 Å². The van der Waals surface area contributed by atoms with Crippen LogP contribution in [0.4, 0.5) is 9.52 Å². The Hall–Kier alpha value is -2.73. The fourth-order valence-electron chi connectivity index (χ4n) is 2.38. The predicted octanol–water partition coefficient (Wildman–Crippen LogP) is 4.92. The molecule has 1 aromatic heterocycles. The Morgan fingerprint density at radius 3 is 2.69 bits per heavy atom. The Balaban J connectivity index is 1.62. The van der Waals surface area contributed by atoms with Crippen molar-refractivity contribution in [3.8, 4) is 17.0 Å². The minimum atomic E-state index is -0.382. The molecule has 0 unspecified atom stereocenters. The fraction of sp³-hybridized carbons (Fsp3) is 0.200. The summed E-state index contributed by atoms with van der Waals surface area (Å²) in [7, 11) is 0. The Kier molecular flexibility index (Phi) is 5.96. The minimum Gasteiger partial charge on any atom is -0.494 e. The standard InChI is InChI=1S/C20H19FN2O2S/c1-2-11-25-16-9-7-14(8-10-16)18-13-26-20(22-18)23-19(24)12-15-5-3-4-6-17(15)21/h3-10,13H,2,11-12H2,1H3,(H,22,23,24). The average molecular weight is 370 g/mol. The normalized spacial score (nSPS) is 10.5. The summed E-state index contributed by atoms with van der Waals surface area (Å²) in [4.78, 5) is 16.5. The number of nitrogens with zero attached hydrogens (tertiary/aromatic N) is 1. The Morgan fingerprint density at radius 1 is 1.19 bits per heavy atom. The van der Waals surface area contributed by atoms with Gasteiger partial charge in [0.1, 0.15) is 11.6 Å². The van der Waals surface area contributed by atoms with Crippen molar-refractivity contribution in [1.29, 1.82) is 0 Å². The molecule has 1 heterocycles. The van der Waals surface area contributed by atoms with Crippen LogP contribution in [0.3, 0.4) is 0 Å². The smallest absolute Gasteiger partial charge is 0.230 e. The van der Waals surface area contributed by atoms with Crippen LogP contribution in [0.2, 0.25) is 0 Å². The van der Waals surface area contributed by atoms with Gasteiger partial charge in [-0.15, -0.1) is 11.3 Å². The Bertz CT molecular complexity index is 878. The zero-order valence-electron chi connectivity index (χ0n) is 14.4. The third-order valence-corrected chi connectivity index (χ3v) is 4.44. The molecule has 2 aromatic carbocycles. The highest BCUT2D eigenvalue weighted by Gasteiger charge is 2.11. The zero-order chi connectivity index (χ0) is 18.4. The molecule has 0 spiro atoms. The first-order valence-electron chi connectivity index (χ1n) is 8.37. The van der Waals surface area contributed by atoms with E-state index in [2.05, 4.69) is 17.2 Å². The predicted molar refractivity (Wildman–Crippen MR) is 102 cm³/mol. The van der Waals surface area contributed by atoms with Crippen molar-refractivity contribution >= 4 is 22.4 Å². The molecule has 1 amide bonds. The molecule has 3 rings (SSSR count). The van der Waals surface area contributed by atoms with Crippen molar-refractivity contribution in [2.24, 2.45) is 0 Å². The van der Waals surface area contributed by atoms with Gasteiger partial charge in [-0.25, -0.2) is 9.37 Å². The monoisotopic (exact) mass is 370 g/mol. The summed E-state index contributed by atoms with van der Waals surface area (Å²) in [6.45, 7) is 2.75. The van der Waals surface area contributed by atoms with Crippen LogP contribution in [-0.2, 0) is 11.2 Å². The second-order valence-corrected chi connectivity index (χ2v) is 6.59. The van der Waals surface area contributed by atoms with Crippen molar-refractivity contribution < 1.29 is 13.9 Å². The number of hydrogen-bond acceptors (Lipinski definition) is 4. The van der Waals surface area contributed by atoms with Crippen LogP contribution in [0.15, 0.2) is 53.9 Å². The highest BCUT2D eigenvalue weighted by atomic mass is 32.1. The highest BCUT2D eigenvalue weighted by Crippen LogP contribution is 2.26. The molecule has 0 fully saturated rings. The number of thiazole rings is 1. The van der Waals surface area contributed by atoms with Crippen molar-refractivity contribution in [2.45, 2.75) is 19.8 Å². The highest BCUT2D eigenvalue weighted by molar-refractivity contribution is 7.14. The molecule has 0 atom stereocenters. The van der Waals surface area contributed by atoms with Crippen molar-refractivity contribution in [3.63, 3.8) is 0 Å². The molecule has 0 aliphatic carbocycles. The summed E-state index contributed by atoms with van der Waals surface area (Å²) in [6, 6.07) is 13.9. The number of rotatable bonds is 7. The Morgan fingerprint density at radius 2 is 1.96 bits per heavy atom. The van der Waals surface area contributed by atoms with Gasteiger partial charge < -0.3 is 10.1 Å². The number of ether oxygens (including phenoxy) is 1. The molecule has 0 radical (unpaired) electrons. The molecular formula is C20H19FN2O2S. The lowest BCUT2D eigenvalue weighted by Gasteiger charge is -2.05. The summed E-state index contributed by atoms with van der Waals surface area (Å²) >= 11 is 1.34. The van der Waals surface area contributed by atoms with Gasteiger partial charge in [0, 0.05) is 10.9 Å². The number of aromatic nitrogens is 1. The number of benzene rings is 2. The molecule has 134 valence electrons. The lowest BCUT2D eigenvalue weighted by molar-refractivity contribution is -0.115. The van der Waals surface area contributed by atoms with Crippen LogP contribution >= 0.6 is 11.3 Å². The first-order valence-corrected chi connectivity index (χ1v) is 9.25. The van der Waals surface area contributed by atoms with Crippen LogP contribution in [0.25, 0.3) is 11.3 Å². The van der Waals surface area contributed by atoms with E-state index in [0.29, 0.717) is 17.3 Å². The average Bonchev–Trinajstić information content (AvgIpc) is 3.10. The van der Waals surface area contributed by atoms with E-state index in [1.54, 1.807) is 18.2 Å². The van der Waals surface area contributed by atoms with Crippen LogP contribution in [0.5, 0.6) is 5.75 Å². The van der Waals surface area contributed by atoms with Gasteiger partial charge >= 0.3 is 0 Å². The van der Waals surface area contributed by atoms with Crippen LogP contribution in [0, 0.1) is 5.82 Å². The van der Waals surface area contributed by atoms with E-state index in [-0.39, 0.29) is 18.1 Å². The number of nitrogens with one attached hydrogen (secondary N) is 1. The number of anilines is 1. The van der Waals surface area contributed by atoms with Crippen LogP contribution in [0.1, 0.15) is 18.9 Å². The summed E-state index contributed by atoms with van der Waals surface area (Å²) in [5, 5.41) is 5.09. The molecule has 6 heteroatoms. The lowest BCUT2D eigenvalue weighted by Crippen LogP contribution is -2.15. The van der Waals surface area contributed by atoms with E-state index >= 15 is 0 Å². The molecule has 4 nitrogen and oxygen atoms in total. The largest absolute Gasteiger partial charge is 0.494 e. The lowest BCUT2D eigenvalue weighted by atomic mass is 10.1. The van der Waals surface area contributed by atoms with Crippen molar-refractivity contribution in [3.05, 3.63) is 65.3 Å². The number of halogens is 1. The van der Waals surface area contributed by atoms with E-state index < -0.39 is 0 Å². The first-order chi connectivity index (χ1) is 12.7. The molecule has 0 saturated heterocycles. The number of carbonyl (C=O) groups is 1. The SMILES string of the molecule is CCCOc1ccc(-c2csc(NC(=O)Cc3ccccc3F)n2)cc1. The third kappa shape index (κ3) is 4.67. The van der Waals surface area contributed by atoms with E-state index in [1.165, 1.54) is 17.4 Å². The van der Waals surface area contributed by atoms with Gasteiger partial charge in [-0.05, 0) is 42.3 Å². The third-order valence-electron chi connectivity index (χ3n) is 3.68. The van der Waals surface area contributed by atoms with E-state index in [0.717, 1.165) is 23.4 Å². The maximum absolute atomic E-state index is 13.6. The quantitative estimate of drug-likeness (QED) is 0.642. The summed E-state index contributed by atoms with van der Waals surface area (Å²) in [5.74, 6) is 0.149. The van der Waals surface area contributed by atoms with Gasteiger partial charge in [-0.3, -0.25) is 4.79 Å². The van der Waals surface area contributed by atoms with Gasteiger partial charge in [-0.2, -0.15) is 0 Å². The fourth-order valence-corrected chi connectivity index (χ4v) is 3.12. The van der Waals surface area contributed by atoms with Gasteiger partial charge in [0.25, 0.3) is 0 Å². The van der Waals surface area contributed by atoms with Gasteiger partial charge in [0.2, 0.25) is 5.91 Å². The van der Waals surface area contributed by atoms with Crippen LogP contribution < -0.4 is 10.1 Å². The first kappa shape index (κ1) is 18.1. The second kappa shape index (κ2) is 8.58. The zero-order valence-corrected chi connectivity index (χ0v) is 15.2. The molecule has 0 bridgehead atoms. The number of carbonyl (C=O) groups excluding carboxylic acids is 1. The van der Waals surface area contributed by atoms with Gasteiger partial charge in [-0.1, -0.05) is 25.1 Å². The maximum atomic E-state index is 13.6. The van der Waals surface area contributed by atoms with Gasteiger partial charge in [0.05, 0.1) is 18.7 Å². The van der Waals surface area contributed by atoms with E-state index in [9.17, 15) is 9.18 Å². The topological polar surface area (TPSA) is 51.2 Å². The molecule has 26 heavy (non-hydrogen) atoms. The van der Waals surface area contributed by atoms with Crippen molar-refractivity contribution in [2.75, 3.05) is 11.9 Å². The minimum absolute atomic E-state index is 0.0228. The van der Waals surface area contributed by atoms with Crippen molar-refractivity contribution in [1.82, 2.24) is 4.98 Å². The summed E-state index contributed by atoms with van der Waals surface area (Å²) < 4.78 is 19.2. The molecule has 3 aromatic rings. The van der Waals surface area contributed by atoms with E-state index in [1.807, 2.05) is 29.6 Å². The summed E-state index contributed by atoms with van der Waals surface area (Å²) in [6.07, 6.45) is 0.939. The summed E-state index contributed by atoms with van der Waals surface area (Å²) in [5.41, 5.74) is 2.09. The molecule has 0 saturated carbocycles. The molecular weight excluding hydrogens is 351 g/mol. The Labute approximate surface area is 155 Å². The second-order valence-electron chi connectivity index (χ2n) is 5.73. The maximum Gasteiger partial charge on any atom is 0.230 e. The van der Waals surface area contributed by atoms with E-state index in [4.69, 9.17) is 4.74 Å². The number of hydrogen-bond donors (Lipinski definition) is 1. The number of amides is 1. The molecule has 0 aliphatic heterocycles. The molecule has 0 aliphatic rings. The van der Waals surface area contributed by atoms with Gasteiger partial charge in [0.15, 0.2) is 5.13 Å².